The van der Waals surface area contributed by atoms with Crippen LogP contribution in [-0.2, 0) is 11.3 Å². The molecule has 6 nitrogen and oxygen atoms in total. The number of aromatic nitrogens is 2. The lowest BCUT2D eigenvalue weighted by Crippen LogP contribution is -2.20. The van der Waals surface area contributed by atoms with Crippen LogP contribution in [0.2, 0.25) is 0 Å². The minimum atomic E-state index is -0.220. The minimum Gasteiger partial charge on any atom is -0.465 e. The smallest absolute Gasteiger partial charge is 0.244 e. The third-order valence-corrected chi connectivity index (χ3v) is 2.15. The van der Waals surface area contributed by atoms with Crippen LogP contribution in [0, 0.1) is 0 Å². The molecule has 17 heavy (non-hydrogen) atoms. The molecule has 4 N–H and O–H groups in total. The Labute approximate surface area is 97.5 Å². The number of anilines is 1. The number of nitrogen functional groups attached to an aromatic ring is 1. The molecule has 2 rings (SSSR count). The van der Waals surface area contributed by atoms with Gasteiger partial charge in [0, 0.05) is 18.2 Å². The normalized spacial score (nSPS) is 10.8. The highest BCUT2D eigenvalue weighted by Gasteiger charge is 2.02. The molecular formula is C11H12N4O2. The van der Waals surface area contributed by atoms with Gasteiger partial charge < -0.3 is 15.5 Å². The summed E-state index contributed by atoms with van der Waals surface area (Å²) in [4.78, 5) is 11.4. The Balaban J connectivity index is 1.84. The van der Waals surface area contributed by atoms with E-state index in [2.05, 4.69) is 15.5 Å². The number of nitrogens with two attached hydrogens (primary N) is 1. The van der Waals surface area contributed by atoms with Crippen molar-refractivity contribution in [1.82, 2.24) is 15.5 Å². The summed E-state index contributed by atoms with van der Waals surface area (Å²) in [6.07, 6.45) is 6.11. The molecule has 0 saturated heterocycles. The summed E-state index contributed by atoms with van der Waals surface area (Å²) < 4.78 is 5.05. The van der Waals surface area contributed by atoms with Crippen LogP contribution < -0.4 is 11.1 Å². The molecule has 2 heterocycles. The molecule has 2 aromatic rings. The molecule has 0 bridgehead atoms. The Morgan fingerprint density at radius 1 is 1.65 bits per heavy atom. The van der Waals surface area contributed by atoms with Crippen LogP contribution in [0.3, 0.4) is 0 Å². The van der Waals surface area contributed by atoms with E-state index in [-0.39, 0.29) is 5.91 Å². The van der Waals surface area contributed by atoms with Gasteiger partial charge in [0.2, 0.25) is 5.91 Å². The third kappa shape index (κ3) is 2.97. The predicted molar refractivity (Wildman–Crippen MR) is 62.6 cm³/mol. The number of carbonyl (C=O) groups excluding carboxylic acids is 1. The number of hydrogen-bond donors (Lipinski definition) is 3. The van der Waals surface area contributed by atoms with Crippen molar-refractivity contribution in [3.8, 4) is 0 Å². The van der Waals surface area contributed by atoms with E-state index in [0.29, 0.717) is 18.1 Å². The van der Waals surface area contributed by atoms with Gasteiger partial charge in [0.25, 0.3) is 0 Å². The molecule has 0 aromatic carbocycles. The Morgan fingerprint density at radius 3 is 3.18 bits per heavy atom. The van der Waals surface area contributed by atoms with Crippen LogP contribution in [-0.4, -0.2) is 16.1 Å². The van der Waals surface area contributed by atoms with E-state index in [9.17, 15) is 4.79 Å². The number of aromatic amines is 1. The third-order valence-electron chi connectivity index (χ3n) is 2.15. The quantitative estimate of drug-likeness (QED) is 0.682. The van der Waals surface area contributed by atoms with Gasteiger partial charge in [-0.15, -0.1) is 0 Å². The zero-order chi connectivity index (χ0) is 12.1. The second-order valence-electron chi connectivity index (χ2n) is 3.38. The van der Waals surface area contributed by atoms with Gasteiger partial charge in [-0.3, -0.25) is 9.89 Å². The molecule has 0 aliphatic carbocycles. The van der Waals surface area contributed by atoms with Crippen LogP contribution in [0.5, 0.6) is 0 Å². The number of carbonyl (C=O) groups is 1. The average Bonchev–Trinajstić information content (AvgIpc) is 2.95. The van der Waals surface area contributed by atoms with Gasteiger partial charge in [-0.1, -0.05) is 0 Å². The van der Waals surface area contributed by atoms with Crippen LogP contribution in [0.4, 0.5) is 5.82 Å². The number of nitrogens with one attached hydrogen (secondary N) is 2. The fourth-order valence-electron chi connectivity index (χ4n) is 1.25. The topological polar surface area (TPSA) is 96.9 Å². The molecule has 1 amide bonds. The molecule has 2 aromatic heterocycles. The molecule has 0 unspecified atom stereocenters. The summed E-state index contributed by atoms with van der Waals surface area (Å²) in [5.74, 6) is 0.866. The van der Waals surface area contributed by atoms with Crippen molar-refractivity contribution in [1.29, 1.82) is 0 Å². The summed E-state index contributed by atoms with van der Waals surface area (Å²) in [6.45, 7) is 0.337. The van der Waals surface area contributed by atoms with Crippen LogP contribution >= 0.6 is 0 Å². The molecule has 88 valence electrons. The second-order valence-corrected chi connectivity index (χ2v) is 3.38. The lowest BCUT2D eigenvalue weighted by atomic mass is 10.3. The lowest BCUT2D eigenvalue weighted by Gasteiger charge is -1.99. The SMILES string of the molecule is Nc1[nH]ncc1CNC(=O)C=Cc1ccco1. The first kappa shape index (κ1) is 11.0. The lowest BCUT2D eigenvalue weighted by molar-refractivity contribution is -0.116. The average molecular weight is 232 g/mol. The van der Waals surface area contributed by atoms with Crippen molar-refractivity contribution in [3.63, 3.8) is 0 Å². The summed E-state index contributed by atoms with van der Waals surface area (Å²) in [6, 6.07) is 3.52. The van der Waals surface area contributed by atoms with Crippen molar-refractivity contribution >= 4 is 17.8 Å². The van der Waals surface area contributed by atoms with Crippen molar-refractivity contribution in [3.05, 3.63) is 42.0 Å². The molecule has 0 aliphatic heterocycles. The van der Waals surface area contributed by atoms with Crippen LogP contribution in [0.1, 0.15) is 11.3 Å². The van der Waals surface area contributed by atoms with Gasteiger partial charge in [0.1, 0.15) is 11.6 Å². The summed E-state index contributed by atoms with van der Waals surface area (Å²) in [5, 5.41) is 9.02. The summed E-state index contributed by atoms with van der Waals surface area (Å²) in [5.41, 5.74) is 6.33. The molecule has 6 heteroatoms. The molecule has 0 atom stereocenters. The van der Waals surface area contributed by atoms with E-state index in [1.54, 1.807) is 30.7 Å². The number of amides is 1. The van der Waals surface area contributed by atoms with Gasteiger partial charge in [-0.25, -0.2) is 0 Å². The fraction of sp³-hybridized carbons (Fsp3) is 0.0909. The van der Waals surface area contributed by atoms with Gasteiger partial charge in [0.15, 0.2) is 0 Å². The maximum Gasteiger partial charge on any atom is 0.244 e. The molecule has 0 saturated carbocycles. The van der Waals surface area contributed by atoms with Crippen LogP contribution in [0.15, 0.2) is 35.1 Å². The fourth-order valence-corrected chi connectivity index (χ4v) is 1.25. The van der Waals surface area contributed by atoms with Gasteiger partial charge in [-0.05, 0) is 18.2 Å². The Hall–Kier alpha value is -2.50. The van der Waals surface area contributed by atoms with E-state index in [0.717, 1.165) is 5.56 Å². The maximum absolute atomic E-state index is 11.4. The van der Waals surface area contributed by atoms with E-state index >= 15 is 0 Å². The first-order valence-electron chi connectivity index (χ1n) is 5.03. The number of H-pyrrole nitrogens is 1. The largest absolute Gasteiger partial charge is 0.465 e. The Kier molecular flexibility index (Phi) is 3.25. The summed E-state index contributed by atoms with van der Waals surface area (Å²) in [7, 11) is 0. The van der Waals surface area contributed by atoms with Gasteiger partial charge in [-0.2, -0.15) is 5.10 Å². The van der Waals surface area contributed by atoms with E-state index < -0.39 is 0 Å². The van der Waals surface area contributed by atoms with Crippen LogP contribution in [0.25, 0.3) is 6.08 Å². The number of furan rings is 1. The highest BCUT2D eigenvalue weighted by atomic mass is 16.3. The van der Waals surface area contributed by atoms with Gasteiger partial charge in [0.05, 0.1) is 12.5 Å². The zero-order valence-corrected chi connectivity index (χ0v) is 9.01. The van der Waals surface area contributed by atoms with Crippen molar-refractivity contribution in [2.24, 2.45) is 0 Å². The first-order valence-corrected chi connectivity index (χ1v) is 5.03. The monoisotopic (exact) mass is 232 g/mol. The number of rotatable bonds is 4. The Bertz CT molecular complexity index is 513. The van der Waals surface area contributed by atoms with Crippen molar-refractivity contribution < 1.29 is 9.21 Å². The zero-order valence-electron chi connectivity index (χ0n) is 9.01. The van der Waals surface area contributed by atoms with Crippen molar-refractivity contribution in [2.45, 2.75) is 6.54 Å². The highest BCUT2D eigenvalue weighted by Crippen LogP contribution is 2.05. The minimum absolute atomic E-state index is 0.220. The standard InChI is InChI=1S/C11H12N4O2/c12-11-8(7-14-15-11)6-13-10(16)4-3-9-2-1-5-17-9/h1-5,7H,6H2,(H,13,16)(H3,12,14,15). The molecule has 0 aliphatic rings. The molecule has 0 fully saturated rings. The predicted octanol–water partition coefficient (Wildman–Crippen LogP) is 0.914. The summed E-state index contributed by atoms with van der Waals surface area (Å²) >= 11 is 0. The van der Waals surface area contributed by atoms with Crippen molar-refractivity contribution in [2.75, 3.05) is 5.73 Å². The van der Waals surface area contributed by atoms with Gasteiger partial charge >= 0.3 is 0 Å². The Morgan fingerprint density at radius 2 is 2.53 bits per heavy atom. The van der Waals surface area contributed by atoms with E-state index in [4.69, 9.17) is 10.2 Å². The first-order chi connectivity index (χ1) is 8.25. The molecule has 0 radical (unpaired) electrons. The molecular weight excluding hydrogens is 220 g/mol. The second kappa shape index (κ2) is 5.02. The van der Waals surface area contributed by atoms with E-state index in [1.807, 2.05) is 0 Å². The van der Waals surface area contributed by atoms with E-state index in [1.165, 1.54) is 6.08 Å². The number of nitrogens with zero attached hydrogens (tertiary/aromatic N) is 1. The maximum atomic E-state index is 11.4. The molecule has 0 spiro atoms. The highest BCUT2D eigenvalue weighted by molar-refractivity contribution is 5.91. The number of hydrogen-bond acceptors (Lipinski definition) is 4.